The number of anilines is 1. The summed E-state index contributed by atoms with van der Waals surface area (Å²) in [5, 5.41) is 7.38. The van der Waals surface area contributed by atoms with Crippen molar-refractivity contribution >= 4 is 17.6 Å². The van der Waals surface area contributed by atoms with Gasteiger partial charge in [-0.05, 0) is 44.9 Å². The molecule has 0 aliphatic carbocycles. The van der Waals surface area contributed by atoms with E-state index in [0.717, 1.165) is 17.0 Å². The molecule has 1 aromatic carbocycles. The number of carbonyl (C=O) groups excluding carboxylic acids is 2. The minimum absolute atomic E-state index is 0.0374. The standard InChI is InChI=1S/C21H28N4O3/c1-5-18(25-19-12-15(4)23-24(19)11-10-20(25)26)21(27)22-13-16-6-8-17(9-7-16)28-14(2)3/h6-9,12,14,18H,5,10-11,13H2,1-4H3,(H,22,27). The number of amides is 2. The lowest BCUT2D eigenvalue weighted by atomic mass is 10.1. The van der Waals surface area contributed by atoms with Crippen molar-refractivity contribution in [1.82, 2.24) is 15.1 Å². The first-order chi connectivity index (χ1) is 13.4. The first-order valence-corrected chi connectivity index (χ1v) is 9.79. The van der Waals surface area contributed by atoms with Gasteiger partial charge in [-0.1, -0.05) is 19.1 Å². The van der Waals surface area contributed by atoms with Crippen molar-refractivity contribution in [3.8, 4) is 5.75 Å². The molecule has 1 aliphatic heterocycles. The van der Waals surface area contributed by atoms with Crippen LogP contribution in [0.15, 0.2) is 30.3 Å². The highest BCUT2D eigenvalue weighted by Gasteiger charge is 2.34. The van der Waals surface area contributed by atoms with Crippen LogP contribution in [0.5, 0.6) is 5.75 Å². The van der Waals surface area contributed by atoms with Gasteiger partial charge in [0.05, 0.1) is 18.3 Å². The Morgan fingerprint density at radius 3 is 2.64 bits per heavy atom. The number of rotatable bonds is 7. The molecule has 0 fully saturated rings. The highest BCUT2D eigenvalue weighted by Crippen LogP contribution is 2.26. The largest absolute Gasteiger partial charge is 0.491 e. The van der Waals surface area contributed by atoms with Crippen molar-refractivity contribution in [2.75, 3.05) is 4.90 Å². The molecule has 2 aromatic rings. The predicted octanol–water partition coefficient (Wildman–Crippen LogP) is 2.81. The number of fused-ring (bicyclic) bond motifs is 1. The van der Waals surface area contributed by atoms with Crippen molar-refractivity contribution in [3.05, 3.63) is 41.6 Å². The second kappa shape index (κ2) is 8.46. The lowest BCUT2D eigenvalue weighted by Crippen LogP contribution is -2.52. The molecule has 1 N–H and O–H groups in total. The second-order valence-corrected chi connectivity index (χ2v) is 7.33. The smallest absolute Gasteiger partial charge is 0.243 e. The molecule has 150 valence electrons. The van der Waals surface area contributed by atoms with Gasteiger partial charge in [-0.25, -0.2) is 4.68 Å². The van der Waals surface area contributed by atoms with Crippen LogP contribution < -0.4 is 15.0 Å². The summed E-state index contributed by atoms with van der Waals surface area (Å²) in [5.41, 5.74) is 1.82. The monoisotopic (exact) mass is 384 g/mol. The molecule has 7 nitrogen and oxygen atoms in total. The zero-order valence-electron chi connectivity index (χ0n) is 16.9. The predicted molar refractivity (Wildman–Crippen MR) is 107 cm³/mol. The topological polar surface area (TPSA) is 76.5 Å². The van der Waals surface area contributed by atoms with Crippen molar-refractivity contribution in [1.29, 1.82) is 0 Å². The molecule has 0 saturated heterocycles. The summed E-state index contributed by atoms with van der Waals surface area (Å²) >= 11 is 0. The highest BCUT2D eigenvalue weighted by atomic mass is 16.5. The first-order valence-electron chi connectivity index (χ1n) is 9.79. The van der Waals surface area contributed by atoms with Gasteiger partial charge in [0.2, 0.25) is 11.8 Å². The van der Waals surface area contributed by atoms with Crippen molar-refractivity contribution in [2.45, 2.75) is 65.8 Å². The summed E-state index contributed by atoms with van der Waals surface area (Å²) in [7, 11) is 0. The van der Waals surface area contributed by atoms with E-state index in [4.69, 9.17) is 4.74 Å². The van der Waals surface area contributed by atoms with Gasteiger partial charge in [-0.3, -0.25) is 14.5 Å². The zero-order chi connectivity index (χ0) is 20.3. The molecule has 2 amide bonds. The molecule has 1 unspecified atom stereocenters. The summed E-state index contributed by atoms with van der Waals surface area (Å²) < 4.78 is 7.44. The SMILES string of the molecule is CCC(C(=O)NCc1ccc(OC(C)C)cc1)N1C(=O)CCn2nc(C)cc21. The molecule has 7 heteroatoms. The third kappa shape index (κ3) is 4.35. The summed E-state index contributed by atoms with van der Waals surface area (Å²) in [6.07, 6.45) is 1.01. The Bertz CT molecular complexity index is 842. The zero-order valence-corrected chi connectivity index (χ0v) is 16.9. The number of nitrogens with zero attached hydrogens (tertiary/aromatic N) is 3. The van der Waals surface area contributed by atoms with Crippen LogP contribution >= 0.6 is 0 Å². The Kier molecular flexibility index (Phi) is 6.02. The summed E-state index contributed by atoms with van der Waals surface area (Å²) in [4.78, 5) is 27.0. The van der Waals surface area contributed by atoms with Crippen LogP contribution in [0.4, 0.5) is 5.82 Å². The van der Waals surface area contributed by atoms with Gasteiger partial charge < -0.3 is 10.1 Å². The van der Waals surface area contributed by atoms with Crippen LogP contribution in [0.1, 0.15) is 44.9 Å². The molecule has 0 radical (unpaired) electrons. The Hall–Kier alpha value is -2.83. The van der Waals surface area contributed by atoms with E-state index in [0.29, 0.717) is 31.7 Å². The Morgan fingerprint density at radius 2 is 2.00 bits per heavy atom. The molecule has 0 bridgehead atoms. The molecule has 3 rings (SSSR count). The van der Waals surface area contributed by atoms with Gasteiger partial charge in [0.15, 0.2) is 0 Å². The van der Waals surface area contributed by atoms with E-state index in [1.165, 1.54) is 0 Å². The summed E-state index contributed by atoms with van der Waals surface area (Å²) in [6.45, 7) is 8.72. The molecule has 0 saturated carbocycles. The lowest BCUT2D eigenvalue weighted by molar-refractivity contribution is -0.127. The molecule has 0 spiro atoms. The van der Waals surface area contributed by atoms with Gasteiger partial charge in [-0.15, -0.1) is 0 Å². The third-order valence-electron chi connectivity index (χ3n) is 4.70. The van der Waals surface area contributed by atoms with Crippen LogP contribution in [0.25, 0.3) is 0 Å². The van der Waals surface area contributed by atoms with Crippen molar-refractivity contribution in [2.24, 2.45) is 0 Å². The third-order valence-corrected chi connectivity index (χ3v) is 4.70. The molecular weight excluding hydrogens is 356 g/mol. The van der Waals surface area contributed by atoms with Crippen LogP contribution in [0.2, 0.25) is 0 Å². The van der Waals surface area contributed by atoms with Crippen molar-refractivity contribution in [3.63, 3.8) is 0 Å². The molecule has 1 aromatic heterocycles. The number of nitrogens with one attached hydrogen (secondary N) is 1. The van der Waals surface area contributed by atoms with Gasteiger partial charge in [0.25, 0.3) is 0 Å². The molecule has 1 aliphatic rings. The number of aryl methyl sites for hydroxylation is 2. The van der Waals surface area contributed by atoms with E-state index >= 15 is 0 Å². The van der Waals surface area contributed by atoms with Gasteiger partial charge in [0, 0.05) is 19.0 Å². The van der Waals surface area contributed by atoms with Crippen LogP contribution in [-0.4, -0.2) is 33.7 Å². The Balaban J connectivity index is 1.68. The lowest BCUT2D eigenvalue weighted by Gasteiger charge is -2.33. The van der Waals surface area contributed by atoms with Crippen LogP contribution in [0.3, 0.4) is 0 Å². The van der Waals surface area contributed by atoms with Gasteiger partial charge in [-0.2, -0.15) is 5.10 Å². The van der Waals surface area contributed by atoms with E-state index in [-0.39, 0.29) is 17.9 Å². The van der Waals surface area contributed by atoms with Crippen molar-refractivity contribution < 1.29 is 14.3 Å². The molecular formula is C21H28N4O3. The fourth-order valence-corrected chi connectivity index (χ4v) is 3.42. The first kappa shape index (κ1) is 19.9. The fourth-order valence-electron chi connectivity index (χ4n) is 3.42. The normalized spacial score (nSPS) is 14.8. The Morgan fingerprint density at radius 1 is 1.29 bits per heavy atom. The molecule has 28 heavy (non-hydrogen) atoms. The maximum absolute atomic E-state index is 12.9. The number of aromatic nitrogens is 2. The quantitative estimate of drug-likeness (QED) is 0.796. The minimum Gasteiger partial charge on any atom is -0.491 e. The fraction of sp³-hybridized carbons (Fsp3) is 0.476. The average Bonchev–Trinajstić information content (AvgIpc) is 3.03. The van der Waals surface area contributed by atoms with E-state index in [1.54, 1.807) is 9.58 Å². The molecule has 1 atom stereocenters. The highest BCUT2D eigenvalue weighted by molar-refractivity contribution is 6.00. The number of hydrogen-bond donors (Lipinski definition) is 1. The van der Waals surface area contributed by atoms with E-state index in [2.05, 4.69) is 10.4 Å². The average molecular weight is 384 g/mol. The van der Waals surface area contributed by atoms with Gasteiger partial charge >= 0.3 is 0 Å². The maximum atomic E-state index is 12.9. The summed E-state index contributed by atoms with van der Waals surface area (Å²) in [5.74, 6) is 1.31. The van der Waals surface area contributed by atoms with E-state index in [1.807, 2.05) is 58.0 Å². The van der Waals surface area contributed by atoms with Crippen LogP contribution in [0, 0.1) is 6.92 Å². The number of benzene rings is 1. The summed E-state index contributed by atoms with van der Waals surface area (Å²) in [6, 6.07) is 8.97. The number of hydrogen-bond acceptors (Lipinski definition) is 4. The maximum Gasteiger partial charge on any atom is 0.243 e. The number of carbonyl (C=O) groups is 2. The minimum atomic E-state index is -0.550. The van der Waals surface area contributed by atoms with E-state index in [9.17, 15) is 9.59 Å². The molecule has 2 heterocycles. The van der Waals surface area contributed by atoms with Gasteiger partial charge in [0.1, 0.15) is 17.6 Å². The Labute approximate surface area is 165 Å². The second-order valence-electron chi connectivity index (χ2n) is 7.33. The van der Waals surface area contributed by atoms with E-state index < -0.39 is 6.04 Å². The van der Waals surface area contributed by atoms with Crippen LogP contribution in [-0.2, 0) is 22.7 Å². The number of ether oxygens (including phenoxy) is 1.